The molecule has 0 aliphatic carbocycles. The molecule has 0 spiro atoms. The molecule has 0 saturated carbocycles. The van der Waals surface area contributed by atoms with E-state index >= 15 is 0 Å². The number of nitrogens with zero attached hydrogens (tertiary/aromatic N) is 4. The summed E-state index contributed by atoms with van der Waals surface area (Å²) in [5.41, 5.74) is 2.15. The molecule has 2 saturated heterocycles. The fourth-order valence-corrected chi connectivity index (χ4v) is 5.32. The van der Waals surface area contributed by atoms with Gasteiger partial charge in [0.05, 0.1) is 16.8 Å². The van der Waals surface area contributed by atoms with Crippen molar-refractivity contribution in [3.05, 3.63) is 65.9 Å². The molecule has 10 heteroatoms. The Kier molecular flexibility index (Phi) is 6.88. The maximum absolute atomic E-state index is 13.3. The first kappa shape index (κ1) is 24.8. The number of urea groups is 1. The van der Waals surface area contributed by atoms with Gasteiger partial charge in [0, 0.05) is 68.3 Å². The van der Waals surface area contributed by atoms with E-state index in [1.807, 2.05) is 31.2 Å². The van der Waals surface area contributed by atoms with Crippen LogP contribution in [0.3, 0.4) is 0 Å². The Hall–Kier alpha value is -3.85. The molecule has 192 valence electrons. The number of ketones is 1. The average Bonchev–Trinajstić information content (AvgIpc) is 3.52. The molecule has 1 aromatic heterocycles. The normalized spacial score (nSPS) is 18.1. The summed E-state index contributed by atoms with van der Waals surface area (Å²) in [6.07, 6.45) is 1.53. The number of hydrogen-bond acceptors (Lipinski definition) is 4. The molecule has 3 heterocycles. The van der Waals surface area contributed by atoms with Gasteiger partial charge in [0.15, 0.2) is 0 Å². The molecule has 0 bridgehead atoms. The van der Waals surface area contributed by atoms with Crippen LogP contribution in [0.1, 0.15) is 27.6 Å². The van der Waals surface area contributed by atoms with Crippen molar-refractivity contribution in [2.75, 3.05) is 50.0 Å². The Morgan fingerprint density at radius 2 is 1.78 bits per heavy atom. The standard InChI is InChI=1S/C27H28ClN5O4/c1-18-17-31(25(35)19-6-3-2-4-7-19)13-14-32(18)26(36)24(34)21-16-29-23-20(21)8-5-9-22(23)33-15-12-30(11-10-28)27(33)37/h2-9,16,18,29H,10-15,17H2,1H3/t18-/m1/s1. The number of anilines is 1. The number of carbonyl (C=O) groups is 4. The summed E-state index contributed by atoms with van der Waals surface area (Å²) in [4.78, 5) is 62.0. The molecule has 2 aromatic carbocycles. The number of benzene rings is 2. The molecule has 3 aromatic rings. The lowest BCUT2D eigenvalue weighted by Crippen LogP contribution is -2.56. The summed E-state index contributed by atoms with van der Waals surface area (Å²) in [6, 6.07) is 13.9. The molecule has 9 nitrogen and oxygen atoms in total. The third kappa shape index (κ3) is 4.55. The highest BCUT2D eigenvalue weighted by molar-refractivity contribution is 6.45. The third-order valence-corrected chi connectivity index (χ3v) is 7.24. The van der Waals surface area contributed by atoms with Crippen molar-refractivity contribution in [3.8, 4) is 0 Å². The molecule has 5 rings (SSSR count). The predicted octanol–water partition coefficient (Wildman–Crippen LogP) is 3.20. The molecule has 1 N–H and O–H groups in total. The highest BCUT2D eigenvalue weighted by Crippen LogP contribution is 2.31. The number of halogens is 1. The van der Waals surface area contributed by atoms with E-state index in [0.717, 1.165) is 0 Å². The SMILES string of the molecule is C[C@@H]1CN(C(=O)c2ccccc2)CCN1C(=O)C(=O)c1c[nH]c2c(N3CCN(CCCl)C3=O)cccc12. The quantitative estimate of drug-likeness (QED) is 0.306. The van der Waals surface area contributed by atoms with Crippen LogP contribution in [0.15, 0.2) is 54.7 Å². The van der Waals surface area contributed by atoms with Crippen LogP contribution >= 0.6 is 11.6 Å². The minimum Gasteiger partial charge on any atom is -0.359 e. The fraction of sp³-hybridized carbons (Fsp3) is 0.333. The first-order valence-electron chi connectivity index (χ1n) is 12.3. The second-order valence-electron chi connectivity index (χ2n) is 9.31. The predicted molar refractivity (Wildman–Crippen MR) is 141 cm³/mol. The van der Waals surface area contributed by atoms with Crippen molar-refractivity contribution in [2.24, 2.45) is 0 Å². The van der Waals surface area contributed by atoms with Crippen molar-refractivity contribution >= 4 is 51.8 Å². The third-order valence-electron chi connectivity index (χ3n) is 7.07. The van der Waals surface area contributed by atoms with Gasteiger partial charge in [0.1, 0.15) is 0 Å². The average molecular weight is 522 g/mol. The lowest BCUT2D eigenvalue weighted by molar-refractivity contribution is -0.130. The Morgan fingerprint density at radius 1 is 1.00 bits per heavy atom. The zero-order valence-electron chi connectivity index (χ0n) is 20.5. The van der Waals surface area contributed by atoms with Crippen molar-refractivity contribution in [3.63, 3.8) is 0 Å². The van der Waals surface area contributed by atoms with Crippen LogP contribution in [-0.4, -0.2) is 94.5 Å². The lowest BCUT2D eigenvalue weighted by atomic mass is 10.1. The van der Waals surface area contributed by atoms with Gasteiger partial charge < -0.3 is 19.7 Å². The Labute approximate surface area is 219 Å². The number of nitrogens with one attached hydrogen (secondary N) is 1. The largest absolute Gasteiger partial charge is 0.359 e. The van der Waals surface area contributed by atoms with E-state index in [-0.39, 0.29) is 30.1 Å². The van der Waals surface area contributed by atoms with Gasteiger partial charge in [0.25, 0.3) is 17.6 Å². The summed E-state index contributed by atoms with van der Waals surface area (Å²) in [6.45, 7) is 4.37. The monoisotopic (exact) mass is 521 g/mol. The number of hydrogen-bond donors (Lipinski definition) is 1. The highest BCUT2D eigenvalue weighted by Gasteiger charge is 2.35. The van der Waals surface area contributed by atoms with E-state index in [4.69, 9.17) is 11.6 Å². The number of aromatic amines is 1. The number of carbonyl (C=O) groups excluding carboxylic acids is 4. The van der Waals surface area contributed by atoms with E-state index in [0.29, 0.717) is 60.8 Å². The first-order valence-corrected chi connectivity index (χ1v) is 12.9. The second-order valence-corrected chi connectivity index (χ2v) is 9.68. The number of rotatable bonds is 6. The number of piperazine rings is 1. The Balaban J connectivity index is 1.32. The molecule has 2 aliphatic heterocycles. The van der Waals surface area contributed by atoms with E-state index in [1.165, 1.54) is 11.1 Å². The molecule has 2 fully saturated rings. The number of para-hydroxylation sites is 1. The van der Waals surface area contributed by atoms with Gasteiger partial charge in [-0.25, -0.2) is 4.79 Å². The van der Waals surface area contributed by atoms with Gasteiger partial charge in [0.2, 0.25) is 0 Å². The first-order chi connectivity index (χ1) is 17.9. The number of alkyl halides is 1. The Bertz CT molecular complexity index is 1360. The molecule has 37 heavy (non-hydrogen) atoms. The maximum atomic E-state index is 13.3. The topological polar surface area (TPSA) is 97.0 Å². The van der Waals surface area contributed by atoms with Gasteiger partial charge >= 0.3 is 6.03 Å². The van der Waals surface area contributed by atoms with Crippen LogP contribution < -0.4 is 4.90 Å². The maximum Gasteiger partial charge on any atom is 0.324 e. The minimum absolute atomic E-state index is 0.0869. The van der Waals surface area contributed by atoms with E-state index in [9.17, 15) is 19.2 Å². The second kappa shape index (κ2) is 10.3. The zero-order chi connectivity index (χ0) is 26.1. The summed E-state index contributed by atoms with van der Waals surface area (Å²) in [5.74, 6) is -0.943. The van der Waals surface area contributed by atoms with Gasteiger partial charge in [-0.3, -0.25) is 19.3 Å². The molecular formula is C27H28ClN5O4. The van der Waals surface area contributed by atoms with Crippen LogP contribution in [0, 0.1) is 0 Å². The van der Waals surface area contributed by atoms with Crippen LogP contribution in [0.4, 0.5) is 10.5 Å². The van der Waals surface area contributed by atoms with Gasteiger partial charge in [-0.1, -0.05) is 30.3 Å². The highest BCUT2D eigenvalue weighted by atomic mass is 35.5. The van der Waals surface area contributed by atoms with Crippen molar-refractivity contribution < 1.29 is 19.2 Å². The zero-order valence-corrected chi connectivity index (χ0v) is 21.3. The lowest BCUT2D eigenvalue weighted by Gasteiger charge is -2.39. The molecule has 1 atom stereocenters. The van der Waals surface area contributed by atoms with Gasteiger partial charge in [-0.05, 0) is 25.1 Å². The summed E-state index contributed by atoms with van der Waals surface area (Å²) >= 11 is 5.82. The molecule has 0 radical (unpaired) electrons. The summed E-state index contributed by atoms with van der Waals surface area (Å²) in [7, 11) is 0. The summed E-state index contributed by atoms with van der Waals surface area (Å²) in [5, 5.41) is 0.588. The van der Waals surface area contributed by atoms with Gasteiger partial charge in [-0.2, -0.15) is 0 Å². The van der Waals surface area contributed by atoms with Crippen LogP contribution in [0.25, 0.3) is 10.9 Å². The van der Waals surface area contributed by atoms with Crippen molar-refractivity contribution in [1.82, 2.24) is 19.7 Å². The van der Waals surface area contributed by atoms with Crippen LogP contribution in [-0.2, 0) is 4.79 Å². The van der Waals surface area contributed by atoms with Crippen molar-refractivity contribution in [1.29, 1.82) is 0 Å². The number of amides is 4. The van der Waals surface area contributed by atoms with E-state index in [2.05, 4.69) is 4.98 Å². The number of fused-ring (bicyclic) bond motifs is 1. The van der Waals surface area contributed by atoms with Crippen molar-refractivity contribution in [2.45, 2.75) is 13.0 Å². The van der Waals surface area contributed by atoms with E-state index in [1.54, 1.807) is 39.0 Å². The van der Waals surface area contributed by atoms with E-state index < -0.39 is 11.7 Å². The number of H-pyrrole nitrogens is 1. The summed E-state index contributed by atoms with van der Waals surface area (Å²) < 4.78 is 0. The molecular weight excluding hydrogens is 494 g/mol. The number of Topliss-reactive ketones (excluding diaryl/α,β-unsaturated/α-hetero) is 1. The molecule has 2 aliphatic rings. The molecule has 0 unspecified atom stereocenters. The number of aromatic nitrogens is 1. The Morgan fingerprint density at radius 3 is 2.51 bits per heavy atom. The van der Waals surface area contributed by atoms with Crippen LogP contribution in [0.5, 0.6) is 0 Å². The molecule has 4 amide bonds. The fourth-order valence-electron chi connectivity index (χ4n) is 5.12. The van der Waals surface area contributed by atoms with Gasteiger partial charge in [-0.15, -0.1) is 11.6 Å². The minimum atomic E-state index is -0.616. The van der Waals surface area contributed by atoms with Crippen LogP contribution in [0.2, 0.25) is 0 Å². The smallest absolute Gasteiger partial charge is 0.324 e.